The molecule has 4 N–H and O–H groups in total. The number of carboxylic acid groups (broad SMARTS) is 1. The molecular formula is C26H26ClFN4O5S. The molecule has 0 aliphatic rings. The van der Waals surface area contributed by atoms with Crippen LogP contribution in [0.15, 0.2) is 83.8 Å². The minimum absolute atomic E-state index is 0. The van der Waals surface area contributed by atoms with Crippen LogP contribution in [0.1, 0.15) is 15.9 Å². The molecule has 4 rings (SSSR count). The van der Waals surface area contributed by atoms with Crippen molar-refractivity contribution >= 4 is 39.4 Å². The van der Waals surface area contributed by atoms with E-state index < -0.39 is 21.8 Å². The zero-order valence-electron chi connectivity index (χ0n) is 20.3. The zero-order chi connectivity index (χ0) is 26.6. The van der Waals surface area contributed by atoms with Crippen LogP contribution in [0.4, 0.5) is 4.39 Å². The number of fused-ring (bicyclic) bond motifs is 1. The third-order valence-electron chi connectivity index (χ3n) is 5.71. The van der Waals surface area contributed by atoms with Crippen molar-refractivity contribution in [3.8, 4) is 16.9 Å². The fraction of sp³-hybridized carbons (Fsp3) is 0.154. The van der Waals surface area contributed by atoms with Crippen LogP contribution in [0.5, 0.6) is 5.75 Å². The van der Waals surface area contributed by atoms with Gasteiger partial charge in [0.15, 0.2) is 0 Å². The fourth-order valence-corrected chi connectivity index (χ4v) is 4.89. The number of nitrogens with zero attached hydrogens (tertiary/aromatic N) is 2. The molecule has 1 aromatic heterocycles. The van der Waals surface area contributed by atoms with E-state index in [0.29, 0.717) is 27.9 Å². The van der Waals surface area contributed by atoms with Gasteiger partial charge in [-0.3, -0.25) is 0 Å². The Morgan fingerprint density at radius 1 is 1.18 bits per heavy atom. The highest BCUT2D eigenvalue weighted by molar-refractivity contribution is 7.89. The molecule has 0 bridgehead atoms. The lowest BCUT2D eigenvalue weighted by molar-refractivity contribution is 0.0697. The van der Waals surface area contributed by atoms with Crippen molar-refractivity contribution in [1.82, 2.24) is 14.3 Å². The predicted octanol–water partition coefficient (Wildman–Crippen LogP) is 4.12. The van der Waals surface area contributed by atoms with Gasteiger partial charge in [-0.1, -0.05) is 24.3 Å². The fourth-order valence-electron chi connectivity index (χ4n) is 3.82. The lowest BCUT2D eigenvalue weighted by Crippen LogP contribution is -2.23. The van der Waals surface area contributed by atoms with Crippen molar-refractivity contribution < 1.29 is 27.4 Å². The maximum absolute atomic E-state index is 14.1. The van der Waals surface area contributed by atoms with Crippen molar-refractivity contribution in [2.24, 2.45) is 5.73 Å². The number of hydrogen-bond acceptors (Lipinski definition) is 6. The molecule has 200 valence electrons. The first-order chi connectivity index (χ1) is 17.7. The lowest BCUT2D eigenvalue weighted by Gasteiger charge is -2.11. The molecule has 0 atom stereocenters. The number of imidazole rings is 1. The van der Waals surface area contributed by atoms with E-state index in [4.69, 9.17) is 10.5 Å². The van der Waals surface area contributed by atoms with E-state index in [0.717, 1.165) is 5.56 Å². The molecule has 0 spiro atoms. The number of nitrogens with two attached hydrogens (primary N) is 1. The van der Waals surface area contributed by atoms with Crippen molar-refractivity contribution in [2.45, 2.75) is 18.0 Å². The molecule has 0 saturated heterocycles. The van der Waals surface area contributed by atoms with Gasteiger partial charge in [-0.05, 0) is 53.6 Å². The summed E-state index contributed by atoms with van der Waals surface area (Å²) in [5.41, 5.74) is 7.73. The van der Waals surface area contributed by atoms with Gasteiger partial charge < -0.3 is 20.1 Å². The molecule has 0 aliphatic carbocycles. The monoisotopic (exact) mass is 560 g/mol. The highest BCUT2D eigenvalue weighted by Crippen LogP contribution is 2.31. The molecule has 0 saturated carbocycles. The molecule has 1 heterocycles. The number of carbonyl (C=O) groups is 1. The third kappa shape index (κ3) is 6.37. The molecule has 0 amide bonds. The molecular weight excluding hydrogens is 535 g/mol. The van der Waals surface area contributed by atoms with Gasteiger partial charge in [0.25, 0.3) is 0 Å². The number of allylic oxidation sites excluding steroid dienone is 1. The Bertz CT molecular complexity index is 1590. The Morgan fingerprint density at radius 2 is 1.92 bits per heavy atom. The molecule has 0 aliphatic heterocycles. The summed E-state index contributed by atoms with van der Waals surface area (Å²) < 4.78 is 49.4. The number of aromatic nitrogens is 2. The quantitative estimate of drug-likeness (QED) is 0.265. The van der Waals surface area contributed by atoms with Crippen LogP contribution in [-0.4, -0.2) is 42.7 Å². The SMILES string of the molecule is COc1ccc(CNS(=O)(=O)c2cccc(-c3cc(C(=O)O)cc4c3ncn4CC(F)=CCN)c2)cc1.Cl. The minimum atomic E-state index is -3.89. The standard InChI is InChI=1S/C26H25FN4O5S.ClH/c1-36-21-7-5-17(6-8-21)14-30-37(34,35)22-4-2-3-18(11-22)23-12-19(26(32)33)13-24-25(23)29-16-31(24)15-20(27)9-10-28;/h2-9,11-13,16,30H,10,14-15,28H2,1H3,(H,32,33);1H. The van der Waals surface area contributed by atoms with E-state index in [-0.39, 0.29) is 42.5 Å². The normalized spacial score (nSPS) is 11.8. The van der Waals surface area contributed by atoms with E-state index in [1.807, 2.05) is 0 Å². The summed E-state index contributed by atoms with van der Waals surface area (Å²) in [5.74, 6) is -1.01. The summed E-state index contributed by atoms with van der Waals surface area (Å²) in [4.78, 5) is 16.2. The molecule has 0 fully saturated rings. The van der Waals surface area contributed by atoms with Gasteiger partial charge in [-0.15, -0.1) is 12.4 Å². The van der Waals surface area contributed by atoms with E-state index in [2.05, 4.69) is 9.71 Å². The van der Waals surface area contributed by atoms with Crippen molar-refractivity contribution in [3.63, 3.8) is 0 Å². The van der Waals surface area contributed by atoms with Crippen LogP contribution in [0.25, 0.3) is 22.2 Å². The number of hydrogen-bond donors (Lipinski definition) is 3. The van der Waals surface area contributed by atoms with Crippen LogP contribution >= 0.6 is 12.4 Å². The maximum atomic E-state index is 14.1. The highest BCUT2D eigenvalue weighted by atomic mass is 35.5. The van der Waals surface area contributed by atoms with Crippen molar-refractivity contribution in [3.05, 3.63) is 90.0 Å². The molecule has 38 heavy (non-hydrogen) atoms. The van der Waals surface area contributed by atoms with Crippen LogP contribution in [0, 0.1) is 0 Å². The van der Waals surface area contributed by atoms with E-state index in [9.17, 15) is 22.7 Å². The van der Waals surface area contributed by atoms with Gasteiger partial charge in [0.1, 0.15) is 11.6 Å². The molecule has 3 aromatic carbocycles. The summed E-state index contributed by atoms with van der Waals surface area (Å²) in [6, 6.07) is 15.9. The number of ether oxygens (including phenoxy) is 1. The number of carboxylic acids is 1. The van der Waals surface area contributed by atoms with Crippen molar-refractivity contribution in [2.75, 3.05) is 13.7 Å². The first-order valence-electron chi connectivity index (χ1n) is 11.2. The summed E-state index contributed by atoms with van der Waals surface area (Å²) in [6.07, 6.45) is 2.63. The maximum Gasteiger partial charge on any atom is 0.335 e. The molecule has 0 radical (unpaired) electrons. The number of rotatable bonds is 10. The Kier molecular flexibility index (Phi) is 9.23. The molecule has 4 aromatic rings. The number of methoxy groups -OCH3 is 1. The van der Waals surface area contributed by atoms with Gasteiger partial charge >= 0.3 is 5.97 Å². The van der Waals surface area contributed by atoms with Gasteiger partial charge in [-0.25, -0.2) is 27.3 Å². The topological polar surface area (TPSA) is 137 Å². The Morgan fingerprint density at radius 3 is 2.58 bits per heavy atom. The van der Waals surface area contributed by atoms with E-state index in [1.54, 1.807) is 43.5 Å². The highest BCUT2D eigenvalue weighted by Gasteiger charge is 2.19. The number of nitrogens with one attached hydrogen (secondary N) is 1. The van der Waals surface area contributed by atoms with E-state index in [1.165, 1.54) is 41.2 Å². The second-order valence-corrected chi connectivity index (χ2v) is 9.92. The number of benzene rings is 3. The van der Waals surface area contributed by atoms with Crippen LogP contribution in [0.2, 0.25) is 0 Å². The average Bonchev–Trinajstić information content (AvgIpc) is 3.30. The van der Waals surface area contributed by atoms with Gasteiger partial charge in [0, 0.05) is 18.7 Å². The molecule has 12 heteroatoms. The minimum Gasteiger partial charge on any atom is -0.497 e. The second-order valence-electron chi connectivity index (χ2n) is 8.16. The molecule has 0 unspecified atom stereocenters. The third-order valence-corrected chi connectivity index (χ3v) is 7.11. The zero-order valence-corrected chi connectivity index (χ0v) is 21.9. The predicted molar refractivity (Wildman–Crippen MR) is 145 cm³/mol. The van der Waals surface area contributed by atoms with Crippen molar-refractivity contribution in [1.29, 1.82) is 0 Å². The summed E-state index contributed by atoms with van der Waals surface area (Å²) >= 11 is 0. The lowest BCUT2D eigenvalue weighted by atomic mass is 10.0. The average molecular weight is 561 g/mol. The Balaban J connectivity index is 0.00000400. The van der Waals surface area contributed by atoms with E-state index >= 15 is 0 Å². The summed E-state index contributed by atoms with van der Waals surface area (Å²) in [5, 5.41) is 9.66. The summed E-state index contributed by atoms with van der Waals surface area (Å²) in [6.45, 7) is -0.0701. The smallest absolute Gasteiger partial charge is 0.335 e. The number of aromatic carboxylic acids is 1. The molecule has 9 nitrogen and oxygen atoms in total. The number of sulfonamides is 1. The Hall–Kier alpha value is -3.77. The second kappa shape index (κ2) is 12.2. The first-order valence-corrected chi connectivity index (χ1v) is 12.7. The van der Waals surface area contributed by atoms with Gasteiger partial charge in [0.2, 0.25) is 10.0 Å². The van der Waals surface area contributed by atoms with Gasteiger partial charge in [-0.2, -0.15) is 0 Å². The van der Waals surface area contributed by atoms with Crippen LogP contribution in [-0.2, 0) is 23.1 Å². The largest absolute Gasteiger partial charge is 0.497 e. The number of halogens is 2. The summed E-state index contributed by atoms with van der Waals surface area (Å²) in [7, 11) is -2.35. The Labute approximate surface area is 225 Å². The van der Waals surface area contributed by atoms with Crippen LogP contribution < -0.4 is 15.2 Å². The van der Waals surface area contributed by atoms with Crippen LogP contribution in [0.3, 0.4) is 0 Å². The van der Waals surface area contributed by atoms with Gasteiger partial charge in [0.05, 0.1) is 41.5 Å². The first kappa shape index (κ1) is 28.8.